The molecule has 3 heterocycles. The third kappa shape index (κ3) is 5.52. The monoisotopic (exact) mass is 841 g/mol. The molecular formula is C62H39N3O. The molecular weight excluding hydrogens is 803 g/mol. The van der Waals surface area contributed by atoms with Crippen molar-refractivity contribution in [3.05, 3.63) is 237 Å². The van der Waals surface area contributed by atoms with Gasteiger partial charge in [-0.3, -0.25) is 0 Å². The van der Waals surface area contributed by atoms with Crippen molar-refractivity contribution in [1.82, 2.24) is 9.13 Å². The summed E-state index contributed by atoms with van der Waals surface area (Å²) in [6, 6.07) is 85.7. The number of anilines is 3. The van der Waals surface area contributed by atoms with E-state index in [2.05, 4.69) is 251 Å². The van der Waals surface area contributed by atoms with Crippen LogP contribution in [0.4, 0.5) is 17.1 Å². The summed E-state index contributed by atoms with van der Waals surface area (Å²) in [5, 5.41) is 11.7. The molecule has 0 atom stereocenters. The molecule has 4 heteroatoms. The number of rotatable bonds is 6. The van der Waals surface area contributed by atoms with E-state index in [4.69, 9.17) is 4.42 Å². The lowest BCUT2D eigenvalue weighted by Crippen LogP contribution is -2.10. The molecule has 0 aliphatic rings. The van der Waals surface area contributed by atoms with E-state index in [9.17, 15) is 0 Å². The van der Waals surface area contributed by atoms with Gasteiger partial charge in [0.2, 0.25) is 0 Å². The van der Waals surface area contributed by atoms with Crippen LogP contribution in [0.1, 0.15) is 0 Å². The van der Waals surface area contributed by atoms with E-state index in [-0.39, 0.29) is 0 Å². The van der Waals surface area contributed by atoms with E-state index in [1.807, 2.05) is 0 Å². The molecule has 308 valence electrons. The zero-order chi connectivity index (χ0) is 43.3. The van der Waals surface area contributed by atoms with Crippen molar-refractivity contribution in [1.29, 1.82) is 0 Å². The summed E-state index contributed by atoms with van der Waals surface area (Å²) >= 11 is 0. The number of fused-ring (bicyclic) bond motifs is 12. The molecule has 0 spiro atoms. The van der Waals surface area contributed by atoms with Crippen molar-refractivity contribution in [2.24, 2.45) is 0 Å². The van der Waals surface area contributed by atoms with Gasteiger partial charge in [0.15, 0.2) is 0 Å². The SMILES string of the molecule is c1ccc(-n2c3ccccc3c3cc(-c4cc5c6ccc(N(c7ccc8ccccc8c7)c7ccc8c(c7)c7ccccc7n8-c7ccccc7)cc6oc5c5ccccc45)ccc32)cc1. The van der Waals surface area contributed by atoms with Crippen LogP contribution in [0.5, 0.6) is 0 Å². The van der Waals surface area contributed by atoms with Crippen LogP contribution in [0, 0.1) is 0 Å². The number of aromatic nitrogens is 2. The molecule has 14 rings (SSSR count). The second-order valence-electron chi connectivity index (χ2n) is 17.3. The van der Waals surface area contributed by atoms with Crippen LogP contribution in [0.2, 0.25) is 0 Å². The van der Waals surface area contributed by atoms with Crippen LogP contribution in [-0.2, 0) is 0 Å². The number of hydrogen-bond acceptors (Lipinski definition) is 2. The lowest BCUT2D eigenvalue weighted by molar-refractivity contribution is 0.673. The fourth-order valence-corrected chi connectivity index (χ4v) is 10.7. The van der Waals surface area contributed by atoms with Gasteiger partial charge >= 0.3 is 0 Å². The zero-order valence-corrected chi connectivity index (χ0v) is 35.8. The van der Waals surface area contributed by atoms with E-state index in [0.717, 1.165) is 61.1 Å². The highest BCUT2D eigenvalue weighted by atomic mass is 16.3. The predicted molar refractivity (Wildman–Crippen MR) is 278 cm³/mol. The third-order valence-corrected chi connectivity index (χ3v) is 13.6. The molecule has 0 radical (unpaired) electrons. The van der Waals surface area contributed by atoms with E-state index < -0.39 is 0 Å². The predicted octanol–water partition coefficient (Wildman–Crippen LogP) is 17.2. The molecule has 0 aliphatic carbocycles. The van der Waals surface area contributed by atoms with Gasteiger partial charge in [0, 0.05) is 72.2 Å². The van der Waals surface area contributed by atoms with Gasteiger partial charge in [0.05, 0.1) is 22.1 Å². The molecule has 11 aromatic carbocycles. The van der Waals surface area contributed by atoms with Gasteiger partial charge in [-0.1, -0.05) is 133 Å². The highest BCUT2D eigenvalue weighted by Crippen LogP contribution is 2.45. The van der Waals surface area contributed by atoms with E-state index in [1.54, 1.807) is 0 Å². The van der Waals surface area contributed by atoms with Gasteiger partial charge in [-0.05, 0) is 124 Å². The molecule has 0 unspecified atom stereocenters. The average molecular weight is 842 g/mol. The van der Waals surface area contributed by atoms with Crippen LogP contribution in [0.15, 0.2) is 241 Å². The summed E-state index contributed by atoms with van der Waals surface area (Å²) in [4.78, 5) is 2.37. The maximum atomic E-state index is 7.02. The highest BCUT2D eigenvalue weighted by molar-refractivity contribution is 6.20. The first-order valence-electron chi connectivity index (χ1n) is 22.6. The average Bonchev–Trinajstić information content (AvgIpc) is 4.04. The molecule has 3 aromatic heterocycles. The van der Waals surface area contributed by atoms with Crippen LogP contribution >= 0.6 is 0 Å². The lowest BCUT2D eigenvalue weighted by atomic mass is 9.94. The Morgan fingerprint density at radius 3 is 1.53 bits per heavy atom. The van der Waals surface area contributed by atoms with Crippen molar-refractivity contribution < 1.29 is 4.42 Å². The minimum Gasteiger partial charge on any atom is -0.455 e. The van der Waals surface area contributed by atoms with Gasteiger partial charge in [-0.15, -0.1) is 0 Å². The largest absolute Gasteiger partial charge is 0.455 e. The van der Waals surface area contributed by atoms with Crippen molar-refractivity contribution >= 4 is 104 Å². The Morgan fingerprint density at radius 1 is 0.303 bits per heavy atom. The highest BCUT2D eigenvalue weighted by Gasteiger charge is 2.21. The molecule has 0 fully saturated rings. The van der Waals surface area contributed by atoms with Crippen LogP contribution < -0.4 is 4.90 Å². The molecule has 0 bridgehead atoms. The van der Waals surface area contributed by atoms with E-state index >= 15 is 0 Å². The third-order valence-electron chi connectivity index (χ3n) is 13.6. The van der Waals surface area contributed by atoms with Crippen molar-refractivity contribution in [2.45, 2.75) is 0 Å². The number of para-hydroxylation sites is 4. The van der Waals surface area contributed by atoms with Crippen LogP contribution in [0.25, 0.3) is 110 Å². The molecule has 14 aromatic rings. The summed E-state index contributed by atoms with van der Waals surface area (Å²) in [6.07, 6.45) is 0. The van der Waals surface area contributed by atoms with E-state index in [1.165, 1.54) is 65.5 Å². The summed E-state index contributed by atoms with van der Waals surface area (Å²) in [5.41, 5.74) is 14.3. The smallest absolute Gasteiger partial charge is 0.143 e. The molecule has 0 amide bonds. The first-order valence-corrected chi connectivity index (χ1v) is 22.6. The lowest BCUT2D eigenvalue weighted by Gasteiger charge is -2.26. The molecule has 0 saturated heterocycles. The Labute approximate surface area is 380 Å². The Bertz CT molecular complexity index is 4230. The van der Waals surface area contributed by atoms with Gasteiger partial charge < -0.3 is 18.5 Å². The summed E-state index contributed by atoms with van der Waals surface area (Å²) < 4.78 is 11.8. The second-order valence-corrected chi connectivity index (χ2v) is 17.3. The molecule has 66 heavy (non-hydrogen) atoms. The fraction of sp³-hybridized carbons (Fsp3) is 0. The Morgan fingerprint density at radius 2 is 0.818 bits per heavy atom. The molecule has 0 saturated carbocycles. The second kappa shape index (κ2) is 14.3. The number of nitrogens with zero attached hydrogens (tertiary/aromatic N) is 3. The normalized spacial score (nSPS) is 11.9. The minimum atomic E-state index is 0.846. The van der Waals surface area contributed by atoms with Gasteiger partial charge in [-0.25, -0.2) is 0 Å². The Hall–Kier alpha value is -8.86. The van der Waals surface area contributed by atoms with Gasteiger partial charge in [0.25, 0.3) is 0 Å². The Kier molecular flexibility index (Phi) is 7.95. The van der Waals surface area contributed by atoms with Gasteiger partial charge in [0.1, 0.15) is 11.2 Å². The van der Waals surface area contributed by atoms with Crippen LogP contribution in [0.3, 0.4) is 0 Å². The topological polar surface area (TPSA) is 26.2 Å². The number of furan rings is 1. The van der Waals surface area contributed by atoms with Gasteiger partial charge in [-0.2, -0.15) is 0 Å². The van der Waals surface area contributed by atoms with Crippen molar-refractivity contribution in [3.63, 3.8) is 0 Å². The standard InChI is InChI=1S/C62H39N3O/c1-3-17-43(18-4-1)64-57-25-13-11-22-49(57)54-36-42(28-33-59(54)64)53-39-56-51-32-30-47(38-61(51)66-62(56)52-24-10-9-21-48(52)53)63(45-29-27-40-15-7-8-16-41(40)35-45)46-31-34-60-55(37-46)50-23-12-14-26-58(50)65(60)44-19-5-2-6-20-44/h1-39H. The maximum absolute atomic E-state index is 7.02. The minimum absolute atomic E-state index is 0.846. The first kappa shape index (κ1) is 36.6. The number of benzene rings is 11. The van der Waals surface area contributed by atoms with E-state index in [0.29, 0.717) is 0 Å². The van der Waals surface area contributed by atoms with Crippen molar-refractivity contribution in [2.75, 3.05) is 4.90 Å². The molecule has 4 nitrogen and oxygen atoms in total. The van der Waals surface area contributed by atoms with Crippen LogP contribution in [-0.4, -0.2) is 9.13 Å². The quantitative estimate of drug-likeness (QED) is 0.167. The summed E-state index contributed by atoms with van der Waals surface area (Å²) in [7, 11) is 0. The summed E-state index contributed by atoms with van der Waals surface area (Å²) in [6.45, 7) is 0. The molecule has 0 aliphatic heterocycles. The number of hydrogen-bond donors (Lipinski definition) is 0. The maximum Gasteiger partial charge on any atom is 0.143 e. The molecule has 0 N–H and O–H groups in total. The zero-order valence-electron chi connectivity index (χ0n) is 35.8. The van der Waals surface area contributed by atoms with Crippen molar-refractivity contribution in [3.8, 4) is 22.5 Å². The Balaban J connectivity index is 0.959. The summed E-state index contributed by atoms with van der Waals surface area (Å²) in [5.74, 6) is 0. The first-order chi connectivity index (χ1) is 32.7. The fourth-order valence-electron chi connectivity index (χ4n) is 10.7.